The molecule has 0 saturated carbocycles. The fourth-order valence-corrected chi connectivity index (χ4v) is 2.26. The van der Waals surface area contributed by atoms with Crippen molar-refractivity contribution >= 4 is 17.7 Å². The van der Waals surface area contributed by atoms with Gasteiger partial charge in [-0.3, -0.25) is 4.79 Å². The minimum atomic E-state index is -0.870. The maximum atomic E-state index is 10.5. The summed E-state index contributed by atoms with van der Waals surface area (Å²) >= 11 is 1.17. The maximum absolute atomic E-state index is 10.5. The number of aliphatic hydroxyl groups is 1. The Morgan fingerprint density at radius 2 is 2.18 bits per heavy atom. The van der Waals surface area contributed by atoms with Crippen molar-refractivity contribution in [1.29, 1.82) is 0 Å². The summed E-state index contributed by atoms with van der Waals surface area (Å²) in [5.74, 6) is -0.0997. The van der Waals surface area contributed by atoms with E-state index in [1.165, 1.54) is 11.8 Å². The van der Waals surface area contributed by atoms with Crippen molar-refractivity contribution in [3.05, 3.63) is 5.82 Å². The molecule has 0 saturated heterocycles. The van der Waals surface area contributed by atoms with E-state index >= 15 is 0 Å². The second kappa shape index (κ2) is 6.61. The molecule has 0 unspecified atom stereocenters. The number of nitrogens with zero attached hydrogens (tertiary/aromatic N) is 3. The fourth-order valence-electron chi connectivity index (χ4n) is 1.46. The Morgan fingerprint density at radius 3 is 2.71 bits per heavy atom. The quantitative estimate of drug-likeness (QED) is 0.709. The molecule has 0 radical (unpaired) electrons. The number of carboxylic acids is 1. The molecular weight excluding hydrogens is 242 g/mol. The van der Waals surface area contributed by atoms with Gasteiger partial charge in [-0.05, 0) is 20.3 Å². The smallest absolute Gasteiger partial charge is 0.313 e. The Kier molecular flexibility index (Phi) is 5.43. The second-order valence-electron chi connectivity index (χ2n) is 3.87. The largest absolute Gasteiger partial charge is 0.481 e. The summed E-state index contributed by atoms with van der Waals surface area (Å²) in [7, 11) is 0. The minimum Gasteiger partial charge on any atom is -0.481 e. The standard InChI is InChI=1S/C10H17N3O3S/c1-7(2)13-8(4-3-5-14)11-12-10(13)17-6-9(15)16/h7,14H,3-6H2,1-2H3,(H,15,16). The van der Waals surface area contributed by atoms with Crippen LogP contribution < -0.4 is 0 Å². The van der Waals surface area contributed by atoms with Crippen LogP contribution in [-0.2, 0) is 11.2 Å². The number of aliphatic hydroxyl groups excluding tert-OH is 1. The number of hydrogen-bond acceptors (Lipinski definition) is 5. The molecule has 17 heavy (non-hydrogen) atoms. The summed E-state index contributed by atoms with van der Waals surface area (Å²) in [6.07, 6.45) is 1.28. The van der Waals surface area contributed by atoms with E-state index in [0.717, 1.165) is 5.82 Å². The lowest BCUT2D eigenvalue weighted by Gasteiger charge is -2.12. The van der Waals surface area contributed by atoms with E-state index < -0.39 is 5.97 Å². The van der Waals surface area contributed by atoms with Crippen LogP contribution in [0.5, 0.6) is 0 Å². The third kappa shape index (κ3) is 4.01. The van der Waals surface area contributed by atoms with E-state index in [4.69, 9.17) is 10.2 Å². The van der Waals surface area contributed by atoms with Crippen molar-refractivity contribution in [1.82, 2.24) is 14.8 Å². The molecule has 1 aromatic rings. The molecule has 0 amide bonds. The van der Waals surface area contributed by atoms with E-state index in [1.54, 1.807) is 0 Å². The van der Waals surface area contributed by atoms with Crippen molar-refractivity contribution in [2.45, 2.75) is 37.9 Å². The molecule has 1 aromatic heterocycles. The molecule has 0 bridgehead atoms. The van der Waals surface area contributed by atoms with Crippen molar-refractivity contribution in [2.24, 2.45) is 0 Å². The minimum absolute atomic E-state index is 0.0230. The molecule has 7 heteroatoms. The molecule has 0 atom stereocenters. The number of thioether (sulfide) groups is 1. The molecule has 0 fully saturated rings. The number of carboxylic acid groups (broad SMARTS) is 1. The summed E-state index contributed by atoms with van der Waals surface area (Å²) in [6, 6.07) is 0.176. The van der Waals surface area contributed by atoms with Gasteiger partial charge in [0, 0.05) is 19.1 Å². The lowest BCUT2D eigenvalue weighted by molar-refractivity contribution is -0.133. The Balaban J connectivity index is 2.82. The first kappa shape index (κ1) is 14.0. The molecule has 0 aromatic carbocycles. The zero-order valence-electron chi connectivity index (χ0n) is 9.96. The van der Waals surface area contributed by atoms with Crippen LogP contribution >= 0.6 is 11.8 Å². The van der Waals surface area contributed by atoms with Gasteiger partial charge in [0.05, 0.1) is 5.75 Å². The molecule has 0 aliphatic carbocycles. The molecule has 2 N–H and O–H groups in total. The van der Waals surface area contributed by atoms with E-state index in [9.17, 15) is 4.79 Å². The molecule has 1 heterocycles. The van der Waals surface area contributed by atoms with Gasteiger partial charge < -0.3 is 14.8 Å². The van der Waals surface area contributed by atoms with E-state index in [2.05, 4.69) is 10.2 Å². The molecule has 0 aliphatic rings. The second-order valence-corrected chi connectivity index (χ2v) is 4.81. The third-order valence-electron chi connectivity index (χ3n) is 2.13. The fraction of sp³-hybridized carbons (Fsp3) is 0.700. The lowest BCUT2D eigenvalue weighted by Crippen LogP contribution is -2.09. The van der Waals surface area contributed by atoms with Gasteiger partial charge in [-0.1, -0.05) is 11.8 Å². The first-order valence-electron chi connectivity index (χ1n) is 5.45. The highest BCUT2D eigenvalue weighted by atomic mass is 32.2. The summed E-state index contributed by atoms with van der Waals surface area (Å²) in [5.41, 5.74) is 0. The van der Waals surface area contributed by atoms with Crippen LogP contribution in [0.15, 0.2) is 5.16 Å². The number of hydrogen-bond donors (Lipinski definition) is 2. The predicted octanol–water partition coefficient (Wildman–Crippen LogP) is 0.961. The highest BCUT2D eigenvalue weighted by molar-refractivity contribution is 7.99. The van der Waals surface area contributed by atoms with Crippen molar-refractivity contribution in [3.8, 4) is 0 Å². The van der Waals surface area contributed by atoms with Gasteiger partial charge in [-0.2, -0.15) is 0 Å². The van der Waals surface area contributed by atoms with Gasteiger partial charge >= 0.3 is 5.97 Å². The number of carbonyl (C=O) groups is 1. The molecule has 1 rings (SSSR count). The zero-order chi connectivity index (χ0) is 12.8. The average Bonchev–Trinajstić information content (AvgIpc) is 2.66. The Morgan fingerprint density at radius 1 is 1.47 bits per heavy atom. The number of rotatable bonds is 7. The number of aryl methyl sites for hydroxylation is 1. The summed E-state index contributed by atoms with van der Waals surface area (Å²) in [4.78, 5) is 10.5. The highest BCUT2D eigenvalue weighted by Gasteiger charge is 2.15. The van der Waals surface area contributed by atoms with Crippen molar-refractivity contribution < 1.29 is 15.0 Å². The van der Waals surface area contributed by atoms with E-state index in [-0.39, 0.29) is 18.4 Å². The van der Waals surface area contributed by atoms with Crippen molar-refractivity contribution in [3.63, 3.8) is 0 Å². The van der Waals surface area contributed by atoms with Crippen LogP contribution in [-0.4, -0.2) is 43.3 Å². The first-order chi connectivity index (χ1) is 8.06. The lowest BCUT2D eigenvalue weighted by atomic mass is 10.3. The summed E-state index contributed by atoms with van der Waals surface area (Å²) < 4.78 is 1.92. The van der Waals surface area contributed by atoms with Crippen LogP contribution in [0.25, 0.3) is 0 Å². The van der Waals surface area contributed by atoms with Crippen molar-refractivity contribution in [2.75, 3.05) is 12.4 Å². The van der Waals surface area contributed by atoms with Gasteiger partial charge in [0.1, 0.15) is 5.82 Å². The SMILES string of the molecule is CC(C)n1c(CCCO)nnc1SCC(=O)O. The number of aliphatic carboxylic acids is 1. The summed E-state index contributed by atoms with van der Waals surface area (Å²) in [6.45, 7) is 4.11. The topological polar surface area (TPSA) is 88.2 Å². The molecular formula is C10H17N3O3S. The Hall–Kier alpha value is -1.08. The highest BCUT2D eigenvalue weighted by Crippen LogP contribution is 2.21. The Labute approximate surface area is 104 Å². The van der Waals surface area contributed by atoms with Crippen LogP contribution in [0, 0.1) is 0 Å². The van der Waals surface area contributed by atoms with Gasteiger partial charge in [0.2, 0.25) is 0 Å². The molecule has 0 aliphatic heterocycles. The van der Waals surface area contributed by atoms with E-state index in [0.29, 0.717) is 18.0 Å². The van der Waals surface area contributed by atoms with Crippen LogP contribution in [0.4, 0.5) is 0 Å². The molecule has 0 spiro atoms. The van der Waals surface area contributed by atoms with E-state index in [1.807, 2.05) is 18.4 Å². The van der Waals surface area contributed by atoms with Crippen LogP contribution in [0.3, 0.4) is 0 Å². The number of aromatic nitrogens is 3. The first-order valence-corrected chi connectivity index (χ1v) is 6.44. The monoisotopic (exact) mass is 259 g/mol. The van der Waals surface area contributed by atoms with Gasteiger partial charge in [0.15, 0.2) is 5.16 Å². The summed E-state index contributed by atoms with van der Waals surface area (Å²) in [5, 5.41) is 26.1. The molecule has 96 valence electrons. The molecule has 6 nitrogen and oxygen atoms in total. The normalized spacial score (nSPS) is 11.1. The average molecular weight is 259 g/mol. The third-order valence-corrected chi connectivity index (χ3v) is 3.06. The van der Waals surface area contributed by atoms with Gasteiger partial charge in [-0.25, -0.2) is 0 Å². The predicted molar refractivity (Wildman–Crippen MR) is 64.2 cm³/mol. The van der Waals surface area contributed by atoms with Gasteiger partial charge in [-0.15, -0.1) is 10.2 Å². The Bertz CT molecular complexity index is 379. The van der Waals surface area contributed by atoms with Gasteiger partial charge in [0.25, 0.3) is 0 Å². The van der Waals surface area contributed by atoms with Crippen LogP contribution in [0.2, 0.25) is 0 Å². The zero-order valence-corrected chi connectivity index (χ0v) is 10.8. The van der Waals surface area contributed by atoms with Crippen LogP contribution in [0.1, 0.15) is 32.1 Å². The maximum Gasteiger partial charge on any atom is 0.313 e.